The summed E-state index contributed by atoms with van der Waals surface area (Å²) in [6.45, 7) is 3.89. The van der Waals surface area contributed by atoms with Crippen LogP contribution in [0.4, 0.5) is 0 Å². The van der Waals surface area contributed by atoms with Crippen LogP contribution in [-0.2, 0) is 5.41 Å². The minimum atomic E-state index is -0.382. The van der Waals surface area contributed by atoms with Gasteiger partial charge in [-0.25, -0.2) is 0 Å². The van der Waals surface area contributed by atoms with Gasteiger partial charge < -0.3 is 5.11 Å². The van der Waals surface area contributed by atoms with Gasteiger partial charge >= 0.3 is 0 Å². The van der Waals surface area contributed by atoms with Crippen LogP contribution >= 0.6 is 0 Å². The van der Waals surface area contributed by atoms with Gasteiger partial charge in [0, 0.05) is 13.1 Å². The summed E-state index contributed by atoms with van der Waals surface area (Å²) in [5.74, 6) is 0. The standard InChI is InChI=1S/C28H46N2O/c1-2-3-4-5-6-7-8-9-10-11-12-13-17-20-27(31)30-23-21-28(25-29,22-24-30)26-18-15-14-16-19-26/h14-16,18-19,27,31H,2-13,17,20-24H2,1H3. The van der Waals surface area contributed by atoms with Crippen LogP contribution in [0.15, 0.2) is 30.3 Å². The van der Waals surface area contributed by atoms with Crippen LogP contribution in [0.5, 0.6) is 0 Å². The van der Waals surface area contributed by atoms with Crippen molar-refractivity contribution < 1.29 is 5.11 Å². The van der Waals surface area contributed by atoms with Crippen LogP contribution in [0, 0.1) is 11.3 Å². The van der Waals surface area contributed by atoms with Gasteiger partial charge in [-0.3, -0.25) is 4.90 Å². The molecule has 1 unspecified atom stereocenters. The quantitative estimate of drug-likeness (QED) is 0.281. The molecule has 0 amide bonds. The summed E-state index contributed by atoms with van der Waals surface area (Å²) in [6.07, 6.45) is 19.7. The fourth-order valence-electron chi connectivity index (χ4n) is 4.95. The monoisotopic (exact) mass is 426 g/mol. The lowest BCUT2D eigenvalue weighted by Gasteiger charge is -2.39. The van der Waals surface area contributed by atoms with Crippen molar-refractivity contribution in [2.45, 2.75) is 121 Å². The molecule has 2 rings (SSSR count). The fraction of sp³-hybridized carbons (Fsp3) is 0.750. The summed E-state index contributed by atoms with van der Waals surface area (Å²) in [4.78, 5) is 2.18. The van der Waals surface area contributed by atoms with Crippen LogP contribution in [0.3, 0.4) is 0 Å². The van der Waals surface area contributed by atoms with Gasteiger partial charge in [0.1, 0.15) is 6.23 Å². The van der Waals surface area contributed by atoms with Gasteiger partial charge in [-0.2, -0.15) is 5.26 Å². The van der Waals surface area contributed by atoms with E-state index in [4.69, 9.17) is 0 Å². The van der Waals surface area contributed by atoms with Crippen LogP contribution < -0.4 is 0 Å². The molecule has 1 aromatic carbocycles. The Kier molecular flexibility index (Phi) is 12.9. The van der Waals surface area contributed by atoms with Gasteiger partial charge in [0.2, 0.25) is 0 Å². The topological polar surface area (TPSA) is 47.3 Å². The Hall–Kier alpha value is -1.37. The molecule has 1 aliphatic heterocycles. The Morgan fingerprint density at radius 1 is 0.839 bits per heavy atom. The number of hydrogen-bond acceptors (Lipinski definition) is 3. The highest BCUT2D eigenvalue weighted by molar-refractivity contribution is 5.33. The van der Waals surface area contributed by atoms with Gasteiger partial charge in [-0.05, 0) is 31.2 Å². The van der Waals surface area contributed by atoms with Crippen molar-refractivity contribution in [3.05, 3.63) is 35.9 Å². The van der Waals surface area contributed by atoms with E-state index in [2.05, 4.69) is 30.0 Å². The van der Waals surface area contributed by atoms with Gasteiger partial charge in [0.15, 0.2) is 0 Å². The molecule has 31 heavy (non-hydrogen) atoms. The minimum Gasteiger partial charge on any atom is -0.378 e. The lowest BCUT2D eigenvalue weighted by atomic mass is 9.74. The zero-order chi connectivity index (χ0) is 22.2. The Morgan fingerprint density at radius 2 is 1.32 bits per heavy atom. The first-order valence-electron chi connectivity index (χ1n) is 13.1. The second kappa shape index (κ2) is 15.4. The Balaban J connectivity index is 1.49. The molecular formula is C28H46N2O. The highest BCUT2D eigenvalue weighted by atomic mass is 16.3. The predicted molar refractivity (Wildman–Crippen MR) is 131 cm³/mol. The van der Waals surface area contributed by atoms with Crippen LogP contribution in [0.1, 0.15) is 115 Å². The van der Waals surface area contributed by atoms with Crippen molar-refractivity contribution in [2.75, 3.05) is 13.1 Å². The maximum absolute atomic E-state index is 10.6. The Bertz CT molecular complexity index is 601. The van der Waals surface area contributed by atoms with Crippen molar-refractivity contribution in [1.82, 2.24) is 4.90 Å². The summed E-state index contributed by atoms with van der Waals surface area (Å²) in [6, 6.07) is 12.8. The molecule has 0 aliphatic carbocycles. The van der Waals surface area contributed by atoms with Gasteiger partial charge in [0.25, 0.3) is 0 Å². The number of aliphatic hydroxyl groups excluding tert-OH is 1. The van der Waals surface area contributed by atoms with E-state index in [-0.39, 0.29) is 11.6 Å². The number of rotatable bonds is 16. The van der Waals surface area contributed by atoms with E-state index < -0.39 is 0 Å². The highest BCUT2D eigenvalue weighted by Gasteiger charge is 2.37. The van der Waals surface area contributed by atoms with Crippen molar-refractivity contribution >= 4 is 0 Å². The molecule has 1 fully saturated rings. The van der Waals surface area contributed by atoms with Crippen LogP contribution in [0.2, 0.25) is 0 Å². The molecule has 1 saturated heterocycles. The number of piperidine rings is 1. The third kappa shape index (κ3) is 9.34. The maximum atomic E-state index is 10.6. The number of likely N-dealkylation sites (tertiary alicyclic amines) is 1. The smallest absolute Gasteiger partial charge is 0.107 e. The van der Waals surface area contributed by atoms with Crippen LogP contribution in [0.25, 0.3) is 0 Å². The Morgan fingerprint density at radius 3 is 1.81 bits per heavy atom. The van der Waals surface area contributed by atoms with Crippen molar-refractivity contribution in [1.29, 1.82) is 5.26 Å². The molecule has 0 saturated carbocycles. The zero-order valence-corrected chi connectivity index (χ0v) is 20.0. The summed E-state index contributed by atoms with van der Waals surface area (Å²) in [5, 5.41) is 20.4. The number of benzene rings is 1. The zero-order valence-electron chi connectivity index (χ0n) is 20.0. The third-order valence-electron chi connectivity index (χ3n) is 7.18. The molecule has 1 atom stereocenters. The molecule has 174 valence electrons. The summed E-state index contributed by atoms with van der Waals surface area (Å²) >= 11 is 0. The van der Waals surface area contributed by atoms with E-state index in [9.17, 15) is 10.4 Å². The predicted octanol–water partition coefficient (Wildman–Crippen LogP) is 7.34. The normalized spacial score (nSPS) is 17.3. The van der Waals surface area contributed by atoms with Crippen molar-refractivity contribution in [3.63, 3.8) is 0 Å². The minimum absolute atomic E-state index is 0.347. The van der Waals surface area contributed by atoms with Crippen molar-refractivity contribution in [3.8, 4) is 6.07 Å². The second-order valence-corrected chi connectivity index (χ2v) is 9.61. The first-order chi connectivity index (χ1) is 15.2. The molecule has 1 N–H and O–H groups in total. The lowest BCUT2D eigenvalue weighted by Crippen LogP contribution is -2.46. The van der Waals surface area contributed by atoms with Gasteiger partial charge in [-0.15, -0.1) is 0 Å². The van der Waals surface area contributed by atoms with E-state index in [1.807, 2.05) is 18.2 Å². The van der Waals surface area contributed by atoms with Crippen molar-refractivity contribution in [2.24, 2.45) is 0 Å². The largest absolute Gasteiger partial charge is 0.378 e. The molecule has 3 heteroatoms. The molecule has 0 spiro atoms. The van der Waals surface area contributed by atoms with E-state index >= 15 is 0 Å². The Labute approximate surface area is 191 Å². The third-order valence-corrected chi connectivity index (χ3v) is 7.18. The SMILES string of the molecule is CCCCCCCCCCCCCCCC(O)N1CCC(C#N)(c2ccccc2)CC1. The summed E-state index contributed by atoms with van der Waals surface area (Å²) in [5.41, 5.74) is 0.746. The molecule has 0 bridgehead atoms. The van der Waals surface area contributed by atoms with Crippen LogP contribution in [-0.4, -0.2) is 29.3 Å². The molecule has 3 nitrogen and oxygen atoms in total. The molecule has 1 heterocycles. The summed E-state index contributed by atoms with van der Waals surface area (Å²) in [7, 11) is 0. The highest BCUT2D eigenvalue weighted by Crippen LogP contribution is 2.35. The van der Waals surface area contributed by atoms with E-state index in [1.54, 1.807) is 0 Å². The fourth-order valence-corrected chi connectivity index (χ4v) is 4.95. The molecule has 1 aliphatic rings. The number of hydrogen-bond donors (Lipinski definition) is 1. The summed E-state index contributed by atoms with van der Waals surface area (Å²) < 4.78 is 0. The molecule has 0 radical (unpaired) electrons. The number of nitrogens with zero attached hydrogens (tertiary/aromatic N) is 2. The average molecular weight is 427 g/mol. The maximum Gasteiger partial charge on any atom is 0.107 e. The first kappa shape index (κ1) is 25.9. The average Bonchev–Trinajstić information content (AvgIpc) is 2.82. The second-order valence-electron chi connectivity index (χ2n) is 9.61. The lowest BCUT2D eigenvalue weighted by molar-refractivity contribution is -0.0230. The van der Waals surface area contributed by atoms with E-state index in [0.29, 0.717) is 0 Å². The number of unbranched alkanes of at least 4 members (excludes halogenated alkanes) is 12. The molecule has 0 aromatic heterocycles. The van der Waals surface area contributed by atoms with Gasteiger partial charge in [-0.1, -0.05) is 114 Å². The number of aliphatic hydroxyl groups is 1. The number of nitriles is 1. The van der Waals surface area contributed by atoms with Gasteiger partial charge in [0.05, 0.1) is 11.5 Å². The van der Waals surface area contributed by atoms with E-state index in [1.165, 1.54) is 77.0 Å². The first-order valence-corrected chi connectivity index (χ1v) is 13.1. The molecular weight excluding hydrogens is 380 g/mol. The molecule has 1 aromatic rings. The van der Waals surface area contributed by atoms with E-state index in [0.717, 1.165) is 44.3 Å².